The van der Waals surface area contributed by atoms with Crippen LogP contribution < -0.4 is 0 Å². The summed E-state index contributed by atoms with van der Waals surface area (Å²) in [6, 6.07) is 10.3. The lowest BCUT2D eigenvalue weighted by molar-refractivity contribution is 1.47. The molecule has 0 heterocycles. The monoisotopic (exact) mass is 188 g/mol. The van der Waals surface area contributed by atoms with Crippen molar-refractivity contribution in [1.82, 2.24) is 0 Å². The van der Waals surface area contributed by atoms with E-state index in [0.29, 0.717) is 0 Å². The molecule has 0 radical (unpaired) electrons. The molecule has 1 rings (SSSR count). The van der Waals surface area contributed by atoms with E-state index in [0.717, 1.165) is 15.4 Å². The quantitative estimate of drug-likeness (QED) is 0.481. The molecule has 0 saturated heterocycles. The second-order valence-electron chi connectivity index (χ2n) is 1.52. The molecular formula is C7H10AlClS. The third kappa shape index (κ3) is 4.25. The maximum absolute atomic E-state index is 4.78. The van der Waals surface area contributed by atoms with Gasteiger partial charge in [0.2, 0.25) is 0 Å². The molecule has 10 heavy (non-hydrogen) atoms. The van der Waals surface area contributed by atoms with Crippen LogP contribution in [0.15, 0.2) is 35.2 Å². The van der Waals surface area contributed by atoms with Gasteiger partial charge in [0.25, 0.3) is 0 Å². The molecule has 0 unspecified atom stereocenters. The van der Waals surface area contributed by atoms with Gasteiger partial charge < -0.3 is 0 Å². The van der Waals surface area contributed by atoms with E-state index in [1.807, 2.05) is 18.2 Å². The first-order chi connectivity index (χ1) is 4.93. The smallest absolute Gasteiger partial charge is 0.273 e. The molecule has 0 amide bonds. The van der Waals surface area contributed by atoms with Crippen molar-refractivity contribution < 1.29 is 0 Å². The van der Waals surface area contributed by atoms with Gasteiger partial charge in [-0.25, -0.2) is 0 Å². The van der Waals surface area contributed by atoms with E-state index in [9.17, 15) is 0 Å². The molecule has 3 heteroatoms. The predicted molar refractivity (Wildman–Crippen MR) is 52.6 cm³/mol. The Hall–Kier alpha value is 0.392. The van der Waals surface area contributed by atoms with Crippen molar-refractivity contribution in [2.24, 2.45) is 0 Å². The van der Waals surface area contributed by atoms with E-state index < -0.39 is 0 Å². The highest BCUT2D eigenvalue weighted by Crippen LogP contribution is 2.11. The molecule has 0 aliphatic carbocycles. The Morgan fingerprint density at radius 2 is 1.70 bits per heavy atom. The van der Waals surface area contributed by atoms with Gasteiger partial charge in [-0.05, 0) is 18.4 Å². The summed E-state index contributed by atoms with van der Waals surface area (Å²) in [6.07, 6.45) is 2.08. The maximum atomic E-state index is 4.78. The average molecular weight is 189 g/mol. The predicted octanol–water partition coefficient (Wildman–Crippen LogP) is 2.18. The van der Waals surface area contributed by atoms with Gasteiger partial charge in [0.1, 0.15) is 0 Å². The second kappa shape index (κ2) is 7.50. The summed E-state index contributed by atoms with van der Waals surface area (Å²) in [7, 11) is 4.78. The number of thioether (sulfide) groups is 1. The van der Waals surface area contributed by atoms with E-state index >= 15 is 0 Å². The first-order valence-corrected chi connectivity index (χ1v) is 7.15. The minimum absolute atomic E-state index is 0.778. The normalized spacial score (nSPS) is 7.80. The summed E-state index contributed by atoms with van der Waals surface area (Å²) in [4.78, 5) is 1.33. The highest BCUT2D eigenvalue weighted by Gasteiger charge is 1.80. The fourth-order valence-corrected chi connectivity index (χ4v) is 0.986. The molecule has 54 valence electrons. The molecule has 0 aromatic heterocycles. The van der Waals surface area contributed by atoms with Crippen LogP contribution in [0.1, 0.15) is 0 Å². The lowest BCUT2D eigenvalue weighted by atomic mass is 10.4. The Morgan fingerprint density at radius 3 is 2.00 bits per heavy atom. The van der Waals surface area contributed by atoms with Crippen molar-refractivity contribution in [2.45, 2.75) is 4.90 Å². The first-order valence-electron chi connectivity index (χ1n) is 2.90. The first kappa shape index (κ1) is 10.4. The Bertz CT molecular complexity index is 155. The zero-order chi connectivity index (χ0) is 7.82. The van der Waals surface area contributed by atoms with Crippen LogP contribution in [0.4, 0.5) is 0 Å². The van der Waals surface area contributed by atoms with E-state index in [4.69, 9.17) is 10.0 Å². The van der Waals surface area contributed by atoms with Crippen molar-refractivity contribution in [3.63, 3.8) is 0 Å². The molecule has 0 bridgehead atoms. The van der Waals surface area contributed by atoms with Crippen molar-refractivity contribution in [3.8, 4) is 0 Å². The molecule has 0 aliphatic rings. The van der Waals surface area contributed by atoms with Gasteiger partial charge in [0.05, 0.1) is 0 Å². The van der Waals surface area contributed by atoms with Gasteiger partial charge in [-0.2, -0.15) is 0 Å². The van der Waals surface area contributed by atoms with Crippen LogP contribution in [0.5, 0.6) is 0 Å². The molecule has 0 fully saturated rings. The molecule has 1 aromatic carbocycles. The van der Waals surface area contributed by atoms with E-state index in [1.54, 1.807) is 11.8 Å². The topological polar surface area (TPSA) is 0 Å². The standard InChI is InChI=1S/C7H8S.Al.ClH.2H/c1-8-7-5-3-2-4-6-7;;;;/h2-6H,1H3;;1H;;/q;+1;;;/p-1. The van der Waals surface area contributed by atoms with Gasteiger partial charge >= 0.3 is 15.4 Å². The molecule has 0 saturated carbocycles. The Balaban J connectivity index is 0.000000371. The largest absolute Gasteiger partial charge is 0.353 e. The number of hydrogen-bond donors (Lipinski definition) is 0. The van der Waals surface area contributed by atoms with E-state index in [-0.39, 0.29) is 0 Å². The zero-order valence-corrected chi connectivity index (χ0v) is 9.75. The highest BCUT2D eigenvalue weighted by molar-refractivity contribution is 7.98. The zero-order valence-electron chi connectivity index (χ0n) is 6.17. The highest BCUT2D eigenvalue weighted by atomic mass is 35.6. The SMILES string of the molecule is CSc1ccccc1.[AlH2][Cl]. The average Bonchev–Trinajstić information content (AvgIpc) is 2.10. The van der Waals surface area contributed by atoms with Crippen LogP contribution in [0.2, 0.25) is 0 Å². The third-order valence-corrected chi connectivity index (χ3v) is 1.72. The summed E-state index contributed by atoms with van der Waals surface area (Å²) >= 11 is 2.55. The Kier molecular flexibility index (Phi) is 7.79. The lowest BCUT2D eigenvalue weighted by Crippen LogP contribution is -1.62. The molecule has 0 nitrogen and oxygen atoms in total. The number of halogens is 1. The summed E-state index contributed by atoms with van der Waals surface area (Å²) in [6.45, 7) is 0. The third-order valence-electron chi connectivity index (χ3n) is 0.979. The van der Waals surface area contributed by atoms with Crippen molar-refractivity contribution in [3.05, 3.63) is 30.3 Å². The molecule has 1 aromatic rings. The second-order valence-corrected chi connectivity index (χ2v) is 2.40. The summed E-state index contributed by atoms with van der Waals surface area (Å²) in [5.41, 5.74) is 0. The van der Waals surface area contributed by atoms with Crippen LogP contribution in [0, 0.1) is 0 Å². The fraction of sp³-hybridized carbons (Fsp3) is 0.143. The number of benzene rings is 1. The van der Waals surface area contributed by atoms with Crippen LogP contribution >= 0.6 is 21.8 Å². The number of rotatable bonds is 1. The van der Waals surface area contributed by atoms with Crippen LogP contribution in [0.25, 0.3) is 0 Å². The van der Waals surface area contributed by atoms with Gasteiger partial charge in [0, 0.05) is 4.90 Å². The van der Waals surface area contributed by atoms with Crippen molar-refractivity contribution in [2.75, 3.05) is 6.26 Å². The van der Waals surface area contributed by atoms with Crippen molar-refractivity contribution in [1.29, 1.82) is 0 Å². The van der Waals surface area contributed by atoms with Gasteiger partial charge in [-0.15, -0.1) is 11.8 Å². The molecule has 0 spiro atoms. The van der Waals surface area contributed by atoms with Crippen molar-refractivity contribution >= 4 is 37.2 Å². The minimum Gasteiger partial charge on any atom is -0.273 e. The van der Waals surface area contributed by atoms with E-state index in [1.165, 1.54) is 4.90 Å². The summed E-state index contributed by atoms with van der Waals surface area (Å²) in [5.74, 6) is 0. The lowest BCUT2D eigenvalue weighted by Gasteiger charge is -1.89. The van der Waals surface area contributed by atoms with Crippen LogP contribution in [-0.4, -0.2) is 21.6 Å². The molecule has 0 atom stereocenters. The Morgan fingerprint density at radius 1 is 1.20 bits per heavy atom. The van der Waals surface area contributed by atoms with Gasteiger partial charge in [-0.1, -0.05) is 18.2 Å². The Labute approximate surface area is 78.6 Å². The maximum Gasteiger partial charge on any atom is 0.353 e. The summed E-state index contributed by atoms with van der Waals surface area (Å²) < 4.78 is 0. The minimum atomic E-state index is 0.778. The molecular weight excluding hydrogens is 179 g/mol. The molecule has 0 N–H and O–H groups in total. The summed E-state index contributed by atoms with van der Waals surface area (Å²) in [5, 5.41) is 0. The van der Waals surface area contributed by atoms with Gasteiger partial charge in [-0.3, -0.25) is 10.0 Å². The number of hydrogen-bond acceptors (Lipinski definition) is 1. The fourth-order valence-electron chi connectivity index (χ4n) is 0.557. The van der Waals surface area contributed by atoms with E-state index in [2.05, 4.69) is 18.4 Å². The van der Waals surface area contributed by atoms with Gasteiger partial charge in [0.15, 0.2) is 0 Å². The van der Waals surface area contributed by atoms with Crippen LogP contribution in [0.3, 0.4) is 0 Å². The van der Waals surface area contributed by atoms with Crippen LogP contribution in [-0.2, 0) is 0 Å². The molecule has 0 aliphatic heterocycles.